The maximum Gasteiger partial charge on any atom is 0.329 e. The van der Waals surface area contributed by atoms with E-state index in [1.54, 1.807) is 34.1 Å². The Morgan fingerprint density at radius 3 is 2.25 bits per heavy atom. The number of cyclic esters (lactones) is 1. The van der Waals surface area contributed by atoms with Crippen LogP contribution in [0.15, 0.2) is 36.0 Å². The molecule has 2 saturated heterocycles. The van der Waals surface area contributed by atoms with Gasteiger partial charge < -0.3 is 43.2 Å². The number of aliphatic hydroxyl groups is 2. The van der Waals surface area contributed by atoms with Gasteiger partial charge in [0.25, 0.3) is 11.7 Å². The molecule has 0 radical (unpaired) electrons. The number of amides is 1. The van der Waals surface area contributed by atoms with E-state index in [1.807, 2.05) is 26.8 Å². The topological polar surface area (TPSA) is 167 Å². The summed E-state index contributed by atoms with van der Waals surface area (Å²) in [6.45, 7) is 26.8. The quantitative estimate of drug-likeness (QED) is 0.0938. The Balaban J connectivity index is 1.75. The minimum absolute atomic E-state index is 0.0229. The molecule has 0 aromatic rings. The predicted octanol–water partition coefficient (Wildman–Crippen LogP) is 8.06. The van der Waals surface area contributed by atoms with Crippen LogP contribution < -0.4 is 0 Å². The second kappa shape index (κ2) is 23.6. The lowest BCUT2D eigenvalue weighted by Crippen LogP contribution is -2.64. The van der Waals surface area contributed by atoms with Crippen LogP contribution in [0.5, 0.6) is 0 Å². The highest BCUT2D eigenvalue weighted by Crippen LogP contribution is 2.42. The van der Waals surface area contributed by atoms with Gasteiger partial charge in [0, 0.05) is 44.9 Å². The number of ketones is 2. The molecule has 370 valence electrons. The van der Waals surface area contributed by atoms with E-state index in [2.05, 4.69) is 53.4 Å². The highest BCUT2D eigenvalue weighted by molar-refractivity contribution is 6.74. The summed E-state index contributed by atoms with van der Waals surface area (Å²) in [5.74, 6) is -7.43. The van der Waals surface area contributed by atoms with Crippen LogP contribution in [0.2, 0.25) is 18.1 Å². The van der Waals surface area contributed by atoms with Crippen LogP contribution >= 0.6 is 0 Å². The summed E-state index contributed by atoms with van der Waals surface area (Å²) in [5.41, 5.74) is 1.71. The van der Waals surface area contributed by atoms with Crippen molar-refractivity contribution in [3.63, 3.8) is 0 Å². The molecule has 3 fully saturated rings. The fourth-order valence-corrected chi connectivity index (χ4v) is 11.6. The average molecular weight is 932 g/mol. The minimum Gasteiger partial charge on any atom is -0.456 e. The van der Waals surface area contributed by atoms with Gasteiger partial charge in [-0.3, -0.25) is 14.4 Å². The van der Waals surface area contributed by atoms with Crippen molar-refractivity contribution in [2.24, 2.45) is 29.6 Å². The van der Waals surface area contributed by atoms with Crippen LogP contribution in [-0.2, 0) is 47.3 Å². The number of piperidine rings is 1. The number of carbonyl (C=O) groups excluding carboxylic acids is 4. The number of hydrogen-bond acceptors (Lipinski definition) is 12. The van der Waals surface area contributed by atoms with Gasteiger partial charge in [-0.1, -0.05) is 72.3 Å². The lowest BCUT2D eigenvalue weighted by molar-refractivity contribution is -0.302. The van der Waals surface area contributed by atoms with Gasteiger partial charge in [0.2, 0.25) is 5.79 Å². The van der Waals surface area contributed by atoms with Gasteiger partial charge in [-0.25, -0.2) is 4.79 Å². The third-order valence-corrected chi connectivity index (χ3v) is 19.7. The van der Waals surface area contributed by atoms with Crippen LogP contribution in [0.25, 0.3) is 0 Å². The van der Waals surface area contributed by atoms with Crippen molar-refractivity contribution >= 4 is 31.8 Å². The lowest BCUT2D eigenvalue weighted by atomic mass is 9.81. The van der Waals surface area contributed by atoms with E-state index >= 15 is 0 Å². The Kier molecular flexibility index (Phi) is 20.0. The van der Waals surface area contributed by atoms with Gasteiger partial charge in [0.05, 0.1) is 37.1 Å². The van der Waals surface area contributed by atoms with Gasteiger partial charge in [-0.05, 0) is 114 Å². The van der Waals surface area contributed by atoms with E-state index in [-0.39, 0.29) is 60.7 Å². The molecular weight excluding hydrogens is 847 g/mol. The number of aliphatic hydroxyl groups excluding tert-OH is 1. The fourth-order valence-electron chi connectivity index (χ4n) is 10.2. The molecule has 1 amide bonds. The van der Waals surface area contributed by atoms with Crippen molar-refractivity contribution < 1.29 is 57.5 Å². The summed E-state index contributed by atoms with van der Waals surface area (Å²) in [6, 6.07) is -1.13. The largest absolute Gasteiger partial charge is 0.456 e. The van der Waals surface area contributed by atoms with Crippen LogP contribution in [0.3, 0.4) is 0 Å². The highest BCUT2D eigenvalue weighted by Gasteiger charge is 2.57. The molecule has 2 bridgehead atoms. The average Bonchev–Trinajstić information content (AvgIpc) is 3.25. The number of hydrogen-bond donors (Lipinski definition) is 2. The fraction of sp³-hybridized carbons (Fsp3) is 0.804. The zero-order valence-electron chi connectivity index (χ0n) is 42.1. The molecule has 4 rings (SSSR count). The van der Waals surface area contributed by atoms with E-state index in [1.165, 1.54) is 4.90 Å². The lowest BCUT2D eigenvalue weighted by Gasteiger charge is -2.47. The molecule has 1 saturated carbocycles. The van der Waals surface area contributed by atoms with Gasteiger partial charge in [-0.2, -0.15) is 0 Å². The van der Waals surface area contributed by atoms with Gasteiger partial charge in [-0.15, -0.1) is 6.58 Å². The summed E-state index contributed by atoms with van der Waals surface area (Å²) in [5, 5.41) is 24.1. The van der Waals surface area contributed by atoms with E-state index in [4.69, 9.17) is 28.1 Å². The third-order valence-electron chi connectivity index (χ3n) is 15.2. The smallest absolute Gasteiger partial charge is 0.329 e. The van der Waals surface area contributed by atoms with Crippen LogP contribution in [0.4, 0.5) is 0 Å². The Morgan fingerprint density at radius 2 is 1.63 bits per heavy atom. The van der Waals surface area contributed by atoms with E-state index < -0.39 is 86.1 Å². The third kappa shape index (κ3) is 13.6. The predicted molar refractivity (Wildman–Crippen MR) is 253 cm³/mol. The summed E-state index contributed by atoms with van der Waals surface area (Å²) in [4.78, 5) is 58.6. The Bertz CT molecular complexity index is 1710. The normalized spacial score (nSPS) is 37.2. The zero-order chi connectivity index (χ0) is 48.6. The van der Waals surface area contributed by atoms with Crippen molar-refractivity contribution in [2.75, 3.05) is 27.4 Å². The second-order valence-electron chi connectivity index (χ2n) is 21.4. The summed E-state index contributed by atoms with van der Waals surface area (Å²) >= 11 is 0. The maximum absolute atomic E-state index is 14.6. The molecule has 14 atom stereocenters. The standard InChI is InChI=1S/C51H85NO12Si/c1-15-23-61-42-29-36(20-21-41(42)64-65(13,14)50(8,9)10)27-33(5)45-35(7)39(53)30-40(54)37(16-2)25-31(3)24-32(4)26-43(59-11)46-44(60-12)28-34(6)51(58,63-46)47(55)48(56)52-22-18-17-19-38(52)49(57)62-45/h15,25,27,32,34-39,41-46,53,58H,1,16-24,26,28-30H2,2-14H3. The van der Waals surface area contributed by atoms with E-state index in [0.717, 1.165) is 18.4 Å². The molecule has 14 unspecified atom stereocenters. The van der Waals surface area contributed by atoms with Gasteiger partial charge in [0.1, 0.15) is 24.0 Å². The van der Waals surface area contributed by atoms with Crippen molar-refractivity contribution in [1.29, 1.82) is 0 Å². The minimum atomic E-state index is -2.51. The molecule has 0 aromatic heterocycles. The molecule has 1 aliphatic carbocycles. The Morgan fingerprint density at radius 1 is 0.969 bits per heavy atom. The monoisotopic (exact) mass is 932 g/mol. The van der Waals surface area contributed by atoms with Crippen molar-refractivity contribution in [1.82, 2.24) is 4.90 Å². The first-order valence-electron chi connectivity index (χ1n) is 24.4. The summed E-state index contributed by atoms with van der Waals surface area (Å²) in [7, 11) is 0.969. The van der Waals surface area contributed by atoms with E-state index in [0.29, 0.717) is 50.7 Å². The zero-order valence-corrected chi connectivity index (χ0v) is 43.1. The highest BCUT2D eigenvalue weighted by atomic mass is 28.4. The number of nitrogens with zero attached hydrogens (tertiary/aromatic N) is 1. The number of Topliss-reactive ketones (excluding diaryl/α,β-unsaturated/α-hetero) is 2. The molecule has 65 heavy (non-hydrogen) atoms. The van der Waals surface area contributed by atoms with E-state index in [9.17, 15) is 29.4 Å². The number of fused-ring (bicyclic) bond motifs is 3. The van der Waals surface area contributed by atoms with Gasteiger partial charge >= 0.3 is 5.97 Å². The maximum atomic E-state index is 14.6. The first-order chi connectivity index (χ1) is 30.4. The van der Waals surface area contributed by atoms with Crippen LogP contribution in [0, 0.1) is 29.6 Å². The number of rotatable bonds is 10. The summed E-state index contributed by atoms with van der Waals surface area (Å²) in [6.07, 6.45) is 6.71. The molecule has 0 spiro atoms. The van der Waals surface area contributed by atoms with Crippen molar-refractivity contribution in [3.05, 3.63) is 36.0 Å². The number of ether oxygens (including phenoxy) is 5. The molecule has 13 nitrogen and oxygen atoms in total. The number of allylic oxidation sites excluding steroid dienone is 3. The molecule has 3 heterocycles. The second-order valence-corrected chi connectivity index (χ2v) is 26.1. The molecular formula is C51H85NO12Si. The molecule has 14 heteroatoms. The Labute approximate surface area is 391 Å². The van der Waals surface area contributed by atoms with Crippen molar-refractivity contribution in [3.8, 4) is 0 Å². The van der Waals surface area contributed by atoms with Crippen LogP contribution in [-0.4, -0.2) is 129 Å². The van der Waals surface area contributed by atoms with Crippen LogP contribution in [0.1, 0.15) is 133 Å². The SMILES string of the molecule is C=CCOC1CC(C=C(C)C2OC(=O)C3CCCCN3C(=O)C(=O)C3(O)OC(C(OC)CC(C)CC(C)=CC(CC)C(=O)CC(O)C2C)C(OC)CC3C)CCC1O[Si](C)(C)C(C)(C)C. The summed E-state index contributed by atoms with van der Waals surface area (Å²) < 4.78 is 37.8. The number of methoxy groups -OCH3 is 2. The molecule has 4 aliphatic rings. The van der Waals surface area contributed by atoms with Gasteiger partial charge in [0.15, 0.2) is 8.32 Å². The first-order valence-corrected chi connectivity index (χ1v) is 27.3. The Hall–Kier alpha value is -2.56. The molecule has 3 aliphatic heterocycles. The molecule has 2 N–H and O–H groups in total. The van der Waals surface area contributed by atoms with Crippen molar-refractivity contribution in [2.45, 2.75) is 206 Å². The first kappa shape index (κ1) is 55.0. The number of esters is 1. The molecule has 0 aromatic carbocycles. The number of carbonyl (C=O) groups is 4.